The molecule has 3 heteroatoms. The lowest BCUT2D eigenvalue weighted by Gasteiger charge is -2.22. The molecule has 1 aliphatic carbocycles. The van der Waals surface area contributed by atoms with Crippen LogP contribution in [0.2, 0.25) is 0 Å². The van der Waals surface area contributed by atoms with Crippen LogP contribution >= 0.6 is 0 Å². The molecule has 0 unspecified atom stereocenters. The Labute approximate surface area is 297 Å². The van der Waals surface area contributed by atoms with Gasteiger partial charge in [-0.3, -0.25) is 0 Å². The maximum Gasteiger partial charge on any atom is 0.299 e. The van der Waals surface area contributed by atoms with Crippen LogP contribution in [0.3, 0.4) is 0 Å². The average Bonchev–Trinajstić information content (AvgIpc) is 3.64. The quantitative estimate of drug-likeness (QED) is 0.163. The Morgan fingerprint density at radius 2 is 1.42 bits per heavy atom. The highest BCUT2D eigenvalue weighted by atomic mass is 16.3. The second-order valence-corrected chi connectivity index (χ2v) is 15.6. The van der Waals surface area contributed by atoms with E-state index in [1.54, 1.807) is 0 Å². The van der Waals surface area contributed by atoms with Crippen molar-refractivity contribution in [3.05, 3.63) is 118 Å². The molecule has 0 radical (unpaired) electrons. The van der Waals surface area contributed by atoms with Crippen LogP contribution in [0.4, 0.5) is 0 Å². The number of aryl methyl sites for hydroxylation is 4. The zero-order chi connectivity index (χ0) is 34.8. The summed E-state index contributed by atoms with van der Waals surface area (Å²) in [6.07, 6.45) is 6.65. The maximum absolute atomic E-state index is 7.15. The molecule has 0 spiro atoms. The molecule has 0 bridgehead atoms. The lowest BCUT2D eigenvalue weighted by atomic mass is 9.83. The van der Waals surface area contributed by atoms with Crippen molar-refractivity contribution in [1.29, 1.82) is 0 Å². The Hall–Kier alpha value is -4.63. The fraction of sp³-hybridized carbons (Fsp3) is 0.340. The third-order valence-electron chi connectivity index (χ3n) is 11.5. The summed E-state index contributed by atoms with van der Waals surface area (Å²) >= 11 is 0. The van der Waals surface area contributed by atoms with Gasteiger partial charge in [0.05, 0.1) is 7.05 Å². The second-order valence-electron chi connectivity index (χ2n) is 15.6. The Kier molecular flexibility index (Phi) is 8.21. The van der Waals surface area contributed by atoms with Crippen LogP contribution in [0.5, 0.6) is 0 Å². The first-order valence-corrected chi connectivity index (χ1v) is 18.8. The minimum Gasteiger partial charge on any atom is -0.455 e. The predicted molar refractivity (Wildman–Crippen MR) is 211 cm³/mol. The molecule has 0 amide bonds. The van der Waals surface area contributed by atoms with Crippen LogP contribution in [0, 0.1) is 20.8 Å². The SMILES string of the molecule is Cc1ccc2c(c1)n(-c1c(C(C)C)cccc1C(C)C)c(-c1c(C)ccc3c1oc1c(C)ccc(-c4cccc(C5CCCCC5)c4)c13)[n+]2C. The van der Waals surface area contributed by atoms with Crippen molar-refractivity contribution in [2.24, 2.45) is 7.05 Å². The zero-order valence-corrected chi connectivity index (χ0v) is 31.2. The van der Waals surface area contributed by atoms with Gasteiger partial charge in [0, 0.05) is 21.9 Å². The fourth-order valence-corrected chi connectivity index (χ4v) is 8.84. The van der Waals surface area contributed by atoms with Crippen molar-refractivity contribution in [3.63, 3.8) is 0 Å². The van der Waals surface area contributed by atoms with Crippen molar-refractivity contribution in [2.75, 3.05) is 0 Å². The van der Waals surface area contributed by atoms with E-state index in [0.29, 0.717) is 17.8 Å². The molecular formula is C47H51N2O+. The molecule has 0 aliphatic heterocycles. The smallest absolute Gasteiger partial charge is 0.299 e. The number of furan rings is 1. The van der Waals surface area contributed by atoms with Gasteiger partial charge in [0.15, 0.2) is 16.6 Å². The normalized spacial score (nSPS) is 14.3. The van der Waals surface area contributed by atoms with Crippen molar-refractivity contribution in [3.8, 4) is 28.2 Å². The number of hydrogen-bond acceptors (Lipinski definition) is 1. The van der Waals surface area contributed by atoms with E-state index in [-0.39, 0.29) is 0 Å². The topological polar surface area (TPSA) is 21.9 Å². The summed E-state index contributed by atoms with van der Waals surface area (Å²) in [6.45, 7) is 15.9. The van der Waals surface area contributed by atoms with Gasteiger partial charge in [0.1, 0.15) is 16.8 Å². The molecule has 7 aromatic rings. The third kappa shape index (κ3) is 5.20. The molecule has 1 saturated carbocycles. The molecule has 254 valence electrons. The molecule has 0 atom stereocenters. The molecule has 3 nitrogen and oxygen atoms in total. The number of fused-ring (bicyclic) bond motifs is 4. The summed E-state index contributed by atoms with van der Waals surface area (Å²) in [7, 11) is 2.23. The lowest BCUT2D eigenvalue weighted by molar-refractivity contribution is -0.633. The third-order valence-corrected chi connectivity index (χ3v) is 11.5. The first-order valence-electron chi connectivity index (χ1n) is 18.8. The van der Waals surface area contributed by atoms with Crippen LogP contribution in [0.15, 0.2) is 89.3 Å². The Morgan fingerprint density at radius 1 is 0.720 bits per heavy atom. The van der Waals surface area contributed by atoms with Crippen LogP contribution in [-0.2, 0) is 7.05 Å². The van der Waals surface area contributed by atoms with Gasteiger partial charge in [-0.05, 0) is 96.9 Å². The van der Waals surface area contributed by atoms with Gasteiger partial charge in [-0.25, -0.2) is 4.57 Å². The Bertz CT molecular complexity index is 2380. The molecule has 8 rings (SSSR count). The van der Waals surface area contributed by atoms with E-state index >= 15 is 0 Å². The molecule has 50 heavy (non-hydrogen) atoms. The fourth-order valence-electron chi connectivity index (χ4n) is 8.84. The lowest BCUT2D eigenvalue weighted by Crippen LogP contribution is -2.30. The van der Waals surface area contributed by atoms with Crippen LogP contribution in [-0.4, -0.2) is 4.57 Å². The van der Waals surface area contributed by atoms with Crippen molar-refractivity contribution < 1.29 is 8.98 Å². The molecule has 0 saturated heterocycles. The van der Waals surface area contributed by atoms with E-state index in [0.717, 1.165) is 22.6 Å². The van der Waals surface area contributed by atoms with E-state index < -0.39 is 0 Å². The van der Waals surface area contributed by atoms with Gasteiger partial charge >= 0.3 is 0 Å². The average molecular weight is 660 g/mol. The maximum atomic E-state index is 7.15. The number of nitrogens with zero attached hydrogens (tertiary/aromatic N) is 2. The van der Waals surface area contributed by atoms with Crippen molar-refractivity contribution in [1.82, 2.24) is 4.57 Å². The van der Waals surface area contributed by atoms with Gasteiger partial charge in [0.2, 0.25) is 0 Å². The van der Waals surface area contributed by atoms with E-state index in [2.05, 4.69) is 150 Å². The molecule has 5 aromatic carbocycles. The number of aromatic nitrogens is 2. The van der Waals surface area contributed by atoms with Crippen molar-refractivity contribution in [2.45, 2.75) is 98.3 Å². The molecule has 2 heterocycles. The van der Waals surface area contributed by atoms with Gasteiger partial charge in [0.25, 0.3) is 5.82 Å². The summed E-state index contributed by atoms with van der Waals surface area (Å²) in [6, 6.07) is 32.3. The van der Waals surface area contributed by atoms with Crippen LogP contribution < -0.4 is 4.57 Å². The largest absolute Gasteiger partial charge is 0.455 e. The summed E-state index contributed by atoms with van der Waals surface area (Å²) < 4.78 is 12.1. The first kappa shape index (κ1) is 32.6. The van der Waals surface area contributed by atoms with Gasteiger partial charge < -0.3 is 4.42 Å². The number of rotatable bonds is 6. The monoisotopic (exact) mass is 659 g/mol. The standard InChI is InChI=1S/C47H51N2O/c1-28(2)36-18-13-19-37(29(3)4)44(36)49-41-26-30(5)20-25-40(41)48(8)47(49)42-31(6)21-24-39-43-38(23-22-32(7)45(43)50-46(39)42)35-17-12-16-34(27-35)33-14-10-9-11-15-33/h12-13,16-29,33H,9-11,14-15H2,1-8H3/q+1. The second kappa shape index (κ2) is 12.6. The number of imidazole rings is 1. The van der Waals surface area contributed by atoms with Gasteiger partial charge in [-0.15, -0.1) is 0 Å². The van der Waals surface area contributed by atoms with Crippen LogP contribution in [0.1, 0.15) is 111 Å². The highest BCUT2D eigenvalue weighted by molar-refractivity contribution is 6.16. The van der Waals surface area contributed by atoms with Crippen molar-refractivity contribution >= 4 is 33.0 Å². The molecule has 1 fully saturated rings. The van der Waals surface area contributed by atoms with E-state index in [1.165, 1.54) is 104 Å². The summed E-state index contributed by atoms with van der Waals surface area (Å²) in [4.78, 5) is 0. The van der Waals surface area contributed by atoms with Gasteiger partial charge in [-0.2, -0.15) is 4.57 Å². The summed E-state index contributed by atoms with van der Waals surface area (Å²) in [5, 5.41) is 2.39. The minimum atomic E-state index is 0.363. The highest BCUT2D eigenvalue weighted by Gasteiger charge is 2.34. The number of para-hydroxylation sites is 1. The van der Waals surface area contributed by atoms with E-state index in [4.69, 9.17) is 4.42 Å². The predicted octanol–water partition coefficient (Wildman–Crippen LogP) is 12.9. The number of benzene rings is 5. The highest BCUT2D eigenvalue weighted by Crippen LogP contribution is 2.45. The number of hydrogen-bond donors (Lipinski definition) is 0. The Balaban J connectivity index is 1.46. The van der Waals surface area contributed by atoms with Gasteiger partial charge in [-0.1, -0.05) is 120 Å². The Morgan fingerprint density at radius 3 is 2.14 bits per heavy atom. The molecular weight excluding hydrogens is 609 g/mol. The molecule has 0 N–H and O–H groups in total. The zero-order valence-electron chi connectivity index (χ0n) is 31.2. The van der Waals surface area contributed by atoms with E-state index in [1.807, 2.05) is 0 Å². The van der Waals surface area contributed by atoms with E-state index in [9.17, 15) is 0 Å². The first-order chi connectivity index (χ1) is 24.1. The summed E-state index contributed by atoms with van der Waals surface area (Å²) in [5.74, 6) is 2.54. The van der Waals surface area contributed by atoms with Crippen LogP contribution in [0.25, 0.3) is 61.2 Å². The summed E-state index contributed by atoms with van der Waals surface area (Å²) in [5.41, 5.74) is 17.2. The molecule has 2 aromatic heterocycles. The molecule has 1 aliphatic rings. The minimum absolute atomic E-state index is 0.363.